The molecule has 0 saturated carbocycles. The third-order valence-electron chi connectivity index (χ3n) is 3.06. The van der Waals surface area contributed by atoms with Gasteiger partial charge < -0.3 is 10.3 Å². The lowest BCUT2D eigenvalue weighted by Gasteiger charge is -2.23. The number of nitrogens with zero attached hydrogens (tertiary/aromatic N) is 3. The van der Waals surface area contributed by atoms with Crippen LogP contribution in [0.3, 0.4) is 0 Å². The summed E-state index contributed by atoms with van der Waals surface area (Å²) in [6, 6.07) is 3.94. The molecule has 4 heteroatoms. The number of pyridine rings is 1. The monoisotopic (exact) mass is 214 g/mol. The van der Waals surface area contributed by atoms with E-state index in [1.807, 2.05) is 24.5 Å². The van der Waals surface area contributed by atoms with Crippen molar-refractivity contribution in [2.75, 3.05) is 0 Å². The second-order valence-corrected chi connectivity index (χ2v) is 4.14. The fraction of sp³-hybridized carbons (Fsp3) is 0.333. The van der Waals surface area contributed by atoms with Gasteiger partial charge in [-0.3, -0.25) is 4.98 Å². The zero-order valence-corrected chi connectivity index (χ0v) is 9.00. The number of imidazole rings is 1. The lowest BCUT2D eigenvalue weighted by molar-refractivity contribution is 0.418. The van der Waals surface area contributed by atoms with E-state index in [1.165, 1.54) is 5.69 Å². The molecule has 1 atom stereocenters. The Labute approximate surface area is 94.1 Å². The van der Waals surface area contributed by atoms with Gasteiger partial charge in [0.05, 0.1) is 6.17 Å². The molecule has 0 amide bonds. The fourth-order valence-corrected chi connectivity index (χ4v) is 2.28. The fourth-order valence-electron chi connectivity index (χ4n) is 2.28. The minimum atomic E-state index is 0.0569. The second kappa shape index (κ2) is 3.72. The molecule has 1 aliphatic heterocycles. The van der Waals surface area contributed by atoms with E-state index in [4.69, 9.17) is 5.73 Å². The normalized spacial score (nSPS) is 19.4. The van der Waals surface area contributed by atoms with Gasteiger partial charge in [-0.05, 0) is 31.4 Å². The maximum Gasteiger partial charge on any atom is 0.142 e. The van der Waals surface area contributed by atoms with Crippen molar-refractivity contribution in [3.8, 4) is 11.4 Å². The molecule has 16 heavy (non-hydrogen) atoms. The summed E-state index contributed by atoms with van der Waals surface area (Å²) in [5.41, 5.74) is 8.40. The Morgan fingerprint density at radius 2 is 2.31 bits per heavy atom. The molecule has 3 rings (SSSR count). The van der Waals surface area contributed by atoms with Gasteiger partial charge in [0.1, 0.15) is 5.82 Å². The van der Waals surface area contributed by atoms with E-state index < -0.39 is 0 Å². The van der Waals surface area contributed by atoms with Crippen molar-refractivity contribution in [1.82, 2.24) is 14.5 Å². The first-order chi connectivity index (χ1) is 7.86. The largest absolute Gasteiger partial charge is 0.312 e. The topological polar surface area (TPSA) is 56.7 Å². The van der Waals surface area contributed by atoms with Crippen molar-refractivity contribution < 1.29 is 0 Å². The van der Waals surface area contributed by atoms with Crippen LogP contribution in [-0.4, -0.2) is 14.5 Å². The van der Waals surface area contributed by atoms with E-state index in [2.05, 4.69) is 14.5 Å². The van der Waals surface area contributed by atoms with Gasteiger partial charge >= 0.3 is 0 Å². The third-order valence-corrected chi connectivity index (χ3v) is 3.06. The summed E-state index contributed by atoms with van der Waals surface area (Å²) >= 11 is 0. The Morgan fingerprint density at radius 1 is 1.38 bits per heavy atom. The number of fused-ring (bicyclic) bond motifs is 1. The summed E-state index contributed by atoms with van der Waals surface area (Å²) in [5, 5.41) is 0. The molecule has 82 valence electrons. The lowest BCUT2D eigenvalue weighted by atomic mass is 10.1. The van der Waals surface area contributed by atoms with E-state index in [0.29, 0.717) is 0 Å². The minimum Gasteiger partial charge on any atom is -0.312 e. The van der Waals surface area contributed by atoms with Crippen LogP contribution in [0.25, 0.3) is 11.4 Å². The van der Waals surface area contributed by atoms with E-state index in [0.717, 1.165) is 30.7 Å². The highest BCUT2D eigenvalue weighted by atomic mass is 15.2. The molecule has 0 fully saturated rings. The Bertz CT molecular complexity index is 489. The van der Waals surface area contributed by atoms with Gasteiger partial charge in [-0.1, -0.05) is 0 Å². The van der Waals surface area contributed by atoms with Crippen LogP contribution in [0.1, 0.15) is 24.7 Å². The van der Waals surface area contributed by atoms with Gasteiger partial charge in [-0.2, -0.15) is 0 Å². The van der Waals surface area contributed by atoms with Crippen molar-refractivity contribution >= 4 is 0 Å². The molecule has 0 bridgehead atoms. The van der Waals surface area contributed by atoms with Crippen molar-refractivity contribution in [2.24, 2.45) is 5.73 Å². The highest BCUT2D eigenvalue weighted by Crippen LogP contribution is 2.27. The van der Waals surface area contributed by atoms with Crippen LogP contribution < -0.4 is 5.73 Å². The average molecular weight is 214 g/mol. The lowest BCUT2D eigenvalue weighted by Crippen LogP contribution is -2.25. The maximum atomic E-state index is 6.13. The van der Waals surface area contributed by atoms with E-state index in [9.17, 15) is 0 Å². The summed E-state index contributed by atoms with van der Waals surface area (Å²) < 4.78 is 2.14. The predicted molar refractivity (Wildman–Crippen MR) is 61.6 cm³/mol. The molecule has 4 nitrogen and oxygen atoms in total. The average Bonchev–Trinajstić information content (AvgIpc) is 2.75. The van der Waals surface area contributed by atoms with E-state index >= 15 is 0 Å². The third kappa shape index (κ3) is 1.42. The van der Waals surface area contributed by atoms with Crippen molar-refractivity contribution in [2.45, 2.75) is 25.4 Å². The number of rotatable bonds is 1. The first-order valence-corrected chi connectivity index (χ1v) is 5.58. The van der Waals surface area contributed by atoms with Crippen LogP contribution in [0.4, 0.5) is 0 Å². The summed E-state index contributed by atoms with van der Waals surface area (Å²) in [6.07, 6.45) is 8.83. The van der Waals surface area contributed by atoms with Crippen LogP contribution in [0.15, 0.2) is 30.7 Å². The SMILES string of the molecule is NC1CCCc2cnc(-c3cccnc3)n21. The Balaban J connectivity index is 2.13. The first-order valence-electron chi connectivity index (χ1n) is 5.58. The smallest absolute Gasteiger partial charge is 0.142 e. The number of hydrogen-bond donors (Lipinski definition) is 1. The molecule has 2 N–H and O–H groups in total. The maximum absolute atomic E-state index is 6.13. The summed E-state index contributed by atoms with van der Waals surface area (Å²) in [5.74, 6) is 0.940. The Morgan fingerprint density at radius 3 is 3.12 bits per heavy atom. The molecule has 0 aromatic carbocycles. The Hall–Kier alpha value is -1.68. The first kappa shape index (κ1) is 9.54. The quantitative estimate of drug-likeness (QED) is 0.786. The number of hydrogen-bond acceptors (Lipinski definition) is 3. The zero-order valence-electron chi connectivity index (χ0n) is 9.00. The van der Waals surface area contributed by atoms with Gasteiger partial charge in [-0.15, -0.1) is 0 Å². The highest BCUT2D eigenvalue weighted by Gasteiger charge is 2.20. The van der Waals surface area contributed by atoms with Gasteiger partial charge in [0, 0.05) is 29.8 Å². The van der Waals surface area contributed by atoms with Gasteiger partial charge in [0.15, 0.2) is 0 Å². The van der Waals surface area contributed by atoms with Crippen LogP contribution in [0.5, 0.6) is 0 Å². The Kier molecular flexibility index (Phi) is 2.22. The molecule has 0 spiro atoms. The second-order valence-electron chi connectivity index (χ2n) is 4.14. The molecular formula is C12H14N4. The van der Waals surface area contributed by atoms with E-state index in [1.54, 1.807) is 6.20 Å². The van der Waals surface area contributed by atoms with Crippen LogP contribution in [-0.2, 0) is 6.42 Å². The molecule has 2 aromatic heterocycles. The highest BCUT2D eigenvalue weighted by molar-refractivity contribution is 5.54. The van der Waals surface area contributed by atoms with Gasteiger partial charge in [0.25, 0.3) is 0 Å². The number of nitrogens with two attached hydrogens (primary N) is 1. The van der Waals surface area contributed by atoms with Crippen molar-refractivity contribution in [3.05, 3.63) is 36.4 Å². The van der Waals surface area contributed by atoms with Crippen LogP contribution in [0.2, 0.25) is 0 Å². The summed E-state index contributed by atoms with van der Waals surface area (Å²) in [4.78, 5) is 8.58. The van der Waals surface area contributed by atoms with Gasteiger partial charge in [0.2, 0.25) is 0 Å². The van der Waals surface area contributed by atoms with Crippen molar-refractivity contribution in [1.29, 1.82) is 0 Å². The standard InChI is InChI=1S/C12H14N4/c13-11-5-1-4-10-8-15-12(16(10)11)9-3-2-6-14-7-9/h2-3,6-8,11H,1,4-5,13H2. The predicted octanol–water partition coefficient (Wildman–Crippen LogP) is 1.74. The van der Waals surface area contributed by atoms with Crippen LogP contribution in [0, 0.1) is 0 Å². The van der Waals surface area contributed by atoms with E-state index in [-0.39, 0.29) is 6.17 Å². The zero-order chi connectivity index (χ0) is 11.0. The summed E-state index contributed by atoms with van der Waals surface area (Å²) in [6.45, 7) is 0. The molecule has 1 aliphatic rings. The van der Waals surface area contributed by atoms with Gasteiger partial charge in [-0.25, -0.2) is 4.98 Å². The van der Waals surface area contributed by atoms with Crippen LogP contribution >= 0.6 is 0 Å². The summed E-state index contributed by atoms with van der Waals surface area (Å²) in [7, 11) is 0. The molecule has 0 aliphatic carbocycles. The molecule has 0 saturated heterocycles. The molecule has 3 heterocycles. The number of aryl methyl sites for hydroxylation is 1. The molecule has 0 radical (unpaired) electrons. The molecule has 2 aromatic rings. The molecule has 1 unspecified atom stereocenters. The minimum absolute atomic E-state index is 0.0569. The molecular weight excluding hydrogens is 200 g/mol. The number of aromatic nitrogens is 3. The van der Waals surface area contributed by atoms with Crippen molar-refractivity contribution in [3.63, 3.8) is 0 Å².